The van der Waals surface area contributed by atoms with Gasteiger partial charge in [0.2, 0.25) is 0 Å². The highest BCUT2D eigenvalue weighted by Crippen LogP contribution is 2.21. The van der Waals surface area contributed by atoms with Crippen LogP contribution in [0, 0.1) is 12.7 Å². The number of aromatic hydroxyl groups is 1. The Morgan fingerprint density at radius 2 is 2.00 bits per heavy atom. The minimum Gasteiger partial charge on any atom is -0.508 e. The fraction of sp³-hybridized carbons (Fsp3) is 0.0714. The highest BCUT2D eigenvalue weighted by molar-refractivity contribution is 6.31. The Hall–Kier alpha value is -2.07. The van der Waals surface area contributed by atoms with Crippen LogP contribution in [0.3, 0.4) is 0 Å². The van der Waals surface area contributed by atoms with E-state index >= 15 is 0 Å². The number of rotatable bonds is 2. The number of nitrogens with one attached hydrogen (secondary N) is 1. The van der Waals surface area contributed by atoms with Gasteiger partial charge in [0.25, 0.3) is 5.91 Å². The molecule has 19 heavy (non-hydrogen) atoms. The van der Waals surface area contributed by atoms with Crippen molar-refractivity contribution in [3.05, 3.63) is 58.4 Å². The predicted molar refractivity (Wildman–Crippen MR) is 72.2 cm³/mol. The Morgan fingerprint density at radius 3 is 2.63 bits per heavy atom. The number of phenolic OH excluding ortho intramolecular Hbond substituents is 1. The number of carbonyl (C=O) groups excluding carboxylic acids is 1. The van der Waals surface area contributed by atoms with E-state index in [9.17, 15) is 9.18 Å². The number of hydrogen-bond acceptors (Lipinski definition) is 2. The Kier molecular flexibility index (Phi) is 3.71. The lowest BCUT2D eigenvalue weighted by atomic mass is 10.1. The summed E-state index contributed by atoms with van der Waals surface area (Å²) in [7, 11) is 0. The number of benzene rings is 2. The average Bonchev–Trinajstić information content (AvgIpc) is 2.31. The lowest BCUT2D eigenvalue weighted by Gasteiger charge is -2.07. The van der Waals surface area contributed by atoms with E-state index in [2.05, 4.69) is 5.32 Å². The fourth-order valence-corrected chi connectivity index (χ4v) is 1.96. The van der Waals surface area contributed by atoms with Gasteiger partial charge in [-0.3, -0.25) is 4.79 Å². The van der Waals surface area contributed by atoms with Crippen molar-refractivity contribution >= 4 is 23.2 Å². The monoisotopic (exact) mass is 279 g/mol. The molecule has 0 aliphatic rings. The number of hydrogen-bond donors (Lipinski definition) is 2. The molecule has 2 aromatic rings. The van der Waals surface area contributed by atoms with Crippen LogP contribution in [0.5, 0.6) is 5.75 Å². The molecule has 5 heteroatoms. The third-order valence-corrected chi connectivity index (χ3v) is 2.72. The standard InChI is InChI=1S/C14H11ClFNO2/c1-8-4-9(6-10(15)5-8)14(19)17-13-3-2-11(18)7-12(13)16/h2-7,18H,1H3,(H,17,19). The molecule has 0 fully saturated rings. The molecular formula is C14H11ClFNO2. The molecule has 98 valence electrons. The molecule has 2 N–H and O–H groups in total. The van der Waals surface area contributed by atoms with E-state index in [4.69, 9.17) is 16.7 Å². The van der Waals surface area contributed by atoms with E-state index in [0.29, 0.717) is 10.6 Å². The summed E-state index contributed by atoms with van der Waals surface area (Å²) in [6.45, 7) is 1.81. The molecule has 0 heterocycles. The van der Waals surface area contributed by atoms with E-state index in [1.165, 1.54) is 18.2 Å². The second kappa shape index (κ2) is 5.28. The van der Waals surface area contributed by atoms with Crippen LogP contribution in [0.4, 0.5) is 10.1 Å². The largest absolute Gasteiger partial charge is 0.508 e. The van der Waals surface area contributed by atoms with E-state index < -0.39 is 11.7 Å². The third kappa shape index (κ3) is 3.23. The Labute approximate surface area is 114 Å². The average molecular weight is 280 g/mol. The van der Waals surface area contributed by atoms with Crippen LogP contribution in [0.15, 0.2) is 36.4 Å². The first kappa shape index (κ1) is 13.4. The lowest BCUT2D eigenvalue weighted by molar-refractivity contribution is 0.102. The fourth-order valence-electron chi connectivity index (χ4n) is 1.67. The van der Waals surface area contributed by atoms with Gasteiger partial charge in [-0.2, -0.15) is 0 Å². The van der Waals surface area contributed by atoms with Crippen LogP contribution >= 0.6 is 11.6 Å². The second-order valence-electron chi connectivity index (χ2n) is 4.14. The summed E-state index contributed by atoms with van der Waals surface area (Å²) in [6.07, 6.45) is 0. The summed E-state index contributed by atoms with van der Waals surface area (Å²) in [6, 6.07) is 8.39. The zero-order valence-electron chi connectivity index (χ0n) is 10.1. The molecule has 0 aliphatic carbocycles. The van der Waals surface area contributed by atoms with Gasteiger partial charge < -0.3 is 10.4 Å². The minimum absolute atomic E-state index is 0.000397. The second-order valence-corrected chi connectivity index (χ2v) is 4.57. The maximum atomic E-state index is 13.5. The Morgan fingerprint density at radius 1 is 1.26 bits per heavy atom. The van der Waals surface area contributed by atoms with Crippen LogP contribution in [0.1, 0.15) is 15.9 Å². The molecule has 0 bridgehead atoms. The van der Waals surface area contributed by atoms with E-state index in [-0.39, 0.29) is 11.4 Å². The summed E-state index contributed by atoms with van der Waals surface area (Å²) in [5, 5.41) is 12.0. The molecule has 0 atom stereocenters. The molecule has 0 aromatic heterocycles. The number of halogens is 2. The van der Waals surface area contributed by atoms with Gasteiger partial charge >= 0.3 is 0 Å². The van der Waals surface area contributed by atoms with Gasteiger partial charge in [0.05, 0.1) is 5.69 Å². The molecule has 2 rings (SSSR count). The normalized spacial score (nSPS) is 10.3. The van der Waals surface area contributed by atoms with Crippen molar-refractivity contribution in [2.75, 3.05) is 5.32 Å². The highest BCUT2D eigenvalue weighted by Gasteiger charge is 2.10. The molecule has 0 unspecified atom stereocenters. The Bertz CT molecular complexity index is 623. The summed E-state index contributed by atoms with van der Waals surface area (Å²) in [4.78, 5) is 12.0. The predicted octanol–water partition coefficient (Wildman–Crippen LogP) is 3.75. The van der Waals surface area contributed by atoms with E-state index in [1.54, 1.807) is 12.1 Å². The Balaban J connectivity index is 2.25. The molecule has 2 aromatic carbocycles. The van der Waals surface area contributed by atoms with Crippen molar-refractivity contribution in [3.8, 4) is 5.75 Å². The topological polar surface area (TPSA) is 49.3 Å². The highest BCUT2D eigenvalue weighted by atomic mass is 35.5. The number of carbonyl (C=O) groups is 1. The van der Waals surface area contributed by atoms with Gasteiger partial charge in [0, 0.05) is 16.7 Å². The molecular weight excluding hydrogens is 269 g/mol. The summed E-state index contributed by atoms with van der Waals surface area (Å²) < 4.78 is 13.5. The van der Waals surface area contributed by atoms with Gasteiger partial charge in [0.15, 0.2) is 0 Å². The smallest absolute Gasteiger partial charge is 0.255 e. The zero-order valence-corrected chi connectivity index (χ0v) is 10.8. The summed E-state index contributed by atoms with van der Waals surface area (Å²) >= 11 is 5.86. The number of phenols is 1. The van der Waals surface area contributed by atoms with Crippen molar-refractivity contribution in [1.82, 2.24) is 0 Å². The lowest BCUT2D eigenvalue weighted by Crippen LogP contribution is -2.13. The van der Waals surface area contributed by atoms with Crippen LogP contribution in [-0.4, -0.2) is 11.0 Å². The maximum Gasteiger partial charge on any atom is 0.255 e. The van der Waals surface area contributed by atoms with Crippen molar-refractivity contribution in [2.45, 2.75) is 6.92 Å². The van der Waals surface area contributed by atoms with Crippen LogP contribution in [0.25, 0.3) is 0 Å². The van der Waals surface area contributed by atoms with Crippen molar-refractivity contribution in [1.29, 1.82) is 0 Å². The van der Waals surface area contributed by atoms with Crippen molar-refractivity contribution < 1.29 is 14.3 Å². The first-order valence-corrected chi connectivity index (χ1v) is 5.90. The van der Waals surface area contributed by atoms with Gasteiger partial charge in [0.1, 0.15) is 11.6 Å². The summed E-state index contributed by atoms with van der Waals surface area (Å²) in [5.41, 5.74) is 1.18. The van der Waals surface area contributed by atoms with Crippen LogP contribution < -0.4 is 5.32 Å². The first-order valence-electron chi connectivity index (χ1n) is 5.53. The summed E-state index contributed by atoms with van der Waals surface area (Å²) in [5.74, 6) is -1.36. The zero-order chi connectivity index (χ0) is 14.0. The SMILES string of the molecule is Cc1cc(Cl)cc(C(=O)Nc2ccc(O)cc2F)c1. The van der Waals surface area contributed by atoms with Crippen molar-refractivity contribution in [2.24, 2.45) is 0 Å². The molecule has 0 saturated heterocycles. The number of anilines is 1. The first-order chi connectivity index (χ1) is 8.95. The van der Waals surface area contributed by atoms with E-state index in [0.717, 1.165) is 11.6 Å². The van der Waals surface area contributed by atoms with Gasteiger partial charge in [-0.15, -0.1) is 0 Å². The quantitative estimate of drug-likeness (QED) is 0.823. The number of aryl methyl sites for hydroxylation is 1. The third-order valence-electron chi connectivity index (χ3n) is 2.51. The van der Waals surface area contributed by atoms with Gasteiger partial charge in [-0.25, -0.2) is 4.39 Å². The molecule has 0 radical (unpaired) electrons. The van der Waals surface area contributed by atoms with E-state index in [1.807, 2.05) is 6.92 Å². The molecule has 0 aliphatic heterocycles. The van der Waals surface area contributed by atoms with Crippen LogP contribution in [-0.2, 0) is 0 Å². The molecule has 0 saturated carbocycles. The van der Waals surface area contributed by atoms with Crippen LogP contribution in [0.2, 0.25) is 5.02 Å². The van der Waals surface area contributed by atoms with Gasteiger partial charge in [-0.1, -0.05) is 11.6 Å². The van der Waals surface area contributed by atoms with Crippen molar-refractivity contribution in [3.63, 3.8) is 0 Å². The molecule has 3 nitrogen and oxygen atoms in total. The number of amides is 1. The minimum atomic E-state index is -0.702. The van der Waals surface area contributed by atoms with Gasteiger partial charge in [-0.05, 0) is 42.8 Å². The molecule has 0 spiro atoms. The maximum absolute atomic E-state index is 13.5. The molecule has 1 amide bonds.